The number of nitrogens with one attached hydrogen (secondary N) is 1. The minimum atomic E-state index is -0.404. The predicted octanol–water partition coefficient (Wildman–Crippen LogP) is 0.620. The topological polar surface area (TPSA) is 108 Å². The number of fused-ring (bicyclic) bond motifs is 1. The zero-order valence-electron chi connectivity index (χ0n) is 16.2. The third-order valence-corrected chi connectivity index (χ3v) is 5.29. The van der Waals surface area contributed by atoms with Crippen molar-refractivity contribution in [1.29, 1.82) is 0 Å². The van der Waals surface area contributed by atoms with Crippen LogP contribution >= 0.6 is 0 Å². The Morgan fingerprint density at radius 1 is 1.28 bits per heavy atom. The van der Waals surface area contributed by atoms with Crippen LogP contribution in [0.3, 0.4) is 0 Å². The summed E-state index contributed by atoms with van der Waals surface area (Å²) in [4.78, 5) is 39.9. The second kappa shape index (κ2) is 7.57. The molecule has 3 heterocycles. The van der Waals surface area contributed by atoms with Crippen molar-refractivity contribution in [1.82, 2.24) is 20.0 Å². The minimum absolute atomic E-state index is 0.0446. The van der Waals surface area contributed by atoms with Gasteiger partial charge in [0.15, 0.2) is 0 Å². The second-order valence-corrected chi connectivity index (χ2v) is 7.44. The fourth-order valence-electron chi connectivity index (χ4n) is 3.86. The first-order valence-corrected chi connectivity index (χ1v) is 9.59. The van der Waals surface area contributed by atoms with Gasteiger partial charge in [0.25, 0.3) is 0 Å². The van der Waals surface area contributed by atoms with Crippen molar-refractivity contribution < 1.29 is 19.5 Å². The first-order chi connectivity index (χ1) is 13.9. The number of aromatic hydroxyl groups is 1. The summed E-state index contributed by atoms with van der Waals surface area (Å²) < 4.78 is 1.86. The Bertz CT molecular complexity index is 970. The number of carbonyl (C=O) groups is 3. The van der Waals surface area contributed by atoms with Crippen LogP contribution in [0.4, 0.5) is 5.69 Å². The summed E-state index contributed by atoms with van der Waals surface area (Å²) in [6.07, 6.45) is 0.165. The Hall–Kier alpha value is -3.36. The van der Waals surface area contributed by atoms with Gasteiger partial charge in [-0.3, -0.25) is 19.1 Å². The number of nitrogens with zero attached hydrogens (tertiary/aromatic N) is 4. The summed E-state index contributed by atoms with van der Waals surface area (Å²) in [5.41, 5.74) is 2.28. The maximum Gasteiger partial charge on any atom is 0.228 e. The van der Waals surface area contributed by atoms with Gasteiger partial charge in [-0.1, -0.05) is 6.07 Å². The maximum atomic E-state index is 13.0. The number of aromatic nitrogens is 2. The lowest BCUT2D eigenvalue weighted by molar-refractivity contribution is -0.137. The van der Waals surface area contributed by atoms with Gasteiger partial charge < -0.3 is 20.2 Å². The average Bonchev–Trinajstić information content (AvgIpc) is 3.28. The van der Waals surface area contributed by atoms with Crippen LogP contribution in [0.1, 0.15) is 24.7 Å². The van der Waals surface area contributed by atoms with Gasteiger partial charge in [0, 0.05) is 38.2 Å². The summed E-state index contributed by atoms with van der Waals surface area (Å²) in [5.74, 6) is -0.594. The van der Waals surface area contributed by atoms with Crippen molar-refractivity contribution >= 4 is 23.4 Å². The number of anilines is 1. The monoisotopic (exact) mass is 397 g/mol. The number of benzene rings is 1. The fraction of sp³-hybridized carbons (Fsp3) is 0.400. The van der Waals surface area contributed by atoms with Crippen LogP contribution in [-0.4, -0.2) is 50.6 Å². The molecular formula is C20H23N5O4. The molecule has 0 spiro atoms. The molecule has 2 aliphatic rings. The summed E-state index contributed by atoms with van der Waals surface area (Å²) in [5, 5.41) is 16.8. The van der Waals surface area contributed by atoms with Gasteiger partial charge in [0.05, 0.1) is 36.9 Å². The molecule has 0 saturated carbocycles. The van der Waals surface area contributed by atoms with Crippen LogP contribution in [0, 0.1) is 5.92 Å². The average molecular weight is 397 g/mol. The quantitative estimate of drug-likeness (QED) is 0.786. The largest absolute Gasteiger partial charge is 0.508 e. The lowest BCUT2D eigenvalue weighted by atomic mass is 10.1. The van der Waals surface area contributed by atoms with Gasteiger partial charge in [-0.25, -0.2) is 0 Å². The molecule has 1 atom stereocenters. The van der Waals surface area contributed by atoms with Gasteiger partial charge >= 0.3 is 0 Å². The highest BCUT2D eigenvalue weighted by Crippen LogP contribution is 2.29. The maximum absolute atomic E-state index is 13.0. The number of hydrogen-bond donors (Lipinski definition) is 2. The number of rotatable bonds is 4. The minimum Gasteiger partial charge on any atom is -0.508 e. The SMILES string of the molecule is CC(=O)NCc1cc2n(n1)CCN(C(=O)[C@H]1CC(=O)N(c3cccc(O)c3)C1)C2. The molecule has 0 bridgehead atoms. The molecule has 0 radical (unpaired) electrons. The smallest absolute Gasteiger partial charge is 0.228 e. The molecule has 1 aromatic heterocycles. The zero-order valence-corrected chi connectivity index (χ0v) is 16.2. The lowest BCUT2D eigenvalue weighted by Crippen LogP contribution is -2.42. The van der Waals surface area contributed by atoms with Crippen LogP contribution in [-0.2, 0) is 34.0 Å². The highest BCUT2D eigenvalue weighted by Gasteiger charge is 2.38. The summed E-state index contributed by atoms with van der Waals surface area (Å²) in [7, 11) is 0. The van der Waals surface area contributed by atoms with E-state index in [1.54, 1.807) is 28.0 Å². The van der Waals surface area contributed by atoms with E-state index in [9.17, 15) is 19.5 Å². The molecule has 9 nitrogen and oxygen atoms in total. The first-order valence-electron chi connectivity index (χ1n) is 9.59. The molecule has 152 valence electrons. The molecule has 0 aliphatic carbocycles. The Morgan fingerprint density at radius 3 is 2.86 bits per heavy atom. The second-order valence-electron chi connectivity index (χ2n) is 7.44. The van der Waals surface area contributed by atoms with E-state index in [1.165, 1.54) is 13.0 Å². The number of amides is 3. The molecule has 2 aliphatic heterocycles. The van der Waals surface area contributed by atoms with Crippen LogP contribution in [0.5, 0.6) is 5.75 Å². The third kappa shape index (κ3) is 3.94. The number of phenolic OH excluding ortho intramolecular Hbond substituents is 1. The van der Waals surface area contributed by atoms with E-state index in [4.69, 9.17) is 0 Å². The predicted molar refractivity (Wildman–Crippen MR) is 104 cm³/mol. The summed E-state index contributed by atoms with van der Waals surface area (Å²) in [6, 6.07) is 8.40. The zero-order chi connectivity index (χ0) is 20.5. The van der Waals surface area contributed by atoms with E-state index >= 15 is 0 Å². The van der Waals surface area contributed by atoms with Crippen molar-refractivity contribution in [2.24, 2.45) is 5.92 Å². The van der Waals surface area contributed by atoms with Crippen molar-refractivity contribution in [3.8, 4) is 5.75 Å². The van der Waals surface area contributed by atoms with E-state index in [-0.39, 0.29) is 29.9 Å². The fourth-order valence-corrected chi connectivity index (χ4v) is 3.86. The normalized spacial score (nSPS) is 18.7. The molecule has 29 heavy (non-hydrogen) atoms. The van der Waals surface area contributed by atoms with E-state index in [0.29, 0.717) is 38.4 Å². The van der Waals surface area contributed by atoms with Crippen molar-refractivity contribution in [2.45, 2.75) is 33.0 Å². The van der Waals surface area contributed by atoms with E-state index in [1.807, 2.05) is 10.7 Å². The van der Waals surface area contributed by atoms with Crippen LogP contribution in [0.25, 0.3) is 0 Å². The molecular weight excluding hydrogens is 374 g/mol. The first kappa shape index (κ1) is 19.0. The molecule has 9 heteroatoms. The van der Waals surface area contributed by atoms with Gasteiger partial charge in [0.2, 0.25) is 17.7 Å². The molecule has 0 unspecified atom stereocenters. The molecule has 1 saturated heterocycles. The molecule has 1 aromatic carbocycles. The van der Waals surface area contributed by atoms with Gasteiger partial charge in [0.1, 0.15) is 5.75 Å². The van der Waals surface area contributed by atoms with Gasteiger partial charge in [-0.15, -0.1) is 0 Å². The highest BCUT2D eigenvalue weighted by atomic mass is 16.3. The van der Waals surface area contributed by atoms with Crippen molar-refractivity contribution in [3.63, 3.8) is 0 Å². The van der Waals surface area contributed by atoms with Crippen LogP contribution in [0.15, 0.2) is 30.3 Å². The van der Waals surface area contributed by atoms with Crippen molar-refractivity contribution in [3.05, 3.63) is 41.7 Å². The summed E-state index contributed by atoms with van der Waals surface area (Å²) in [6.45, 7) is 3.67. The molecule has 2 aromatic rings. The summed E-state index contributed by atoms with van der Waals surface area (Å²) >= 11 is 0. The number of hydrogen-bond acceptors (Lipinski definition) is 5. The van der Waals surface area contributed by atoms with E-state index < -0.39 is 5.92 Å². The van der Waals surface area contributed by atoms with Gasteiger partial charge in [-0.2, -0.15) is 5.10 Å². The third-order valence-electron chi connectivity index (χ3n) is 5.29. The lowest BCUT2D eigenvalue weighted by Gasteiger charge is -2.29. The Labute approximate surface area is 167 Å². The number of carbonyl (C=O) groups excluding carboxylic acids is 3. The highest BCUT2D eigenvalue weighted by molar-refractivity contribution is 6.00. The standard InChI is InChI=1S/C20H23N5O4/c1-13(26)21-10-15-8-17-12-23(5-6-25(17)22-15)20(29)14-7-19(28)24(11-14)16-3-2-4-18(27)9-16/h2-4,8-9,14,27H,5-7,10-12H2,1H3,(H,21,26)/t14-/m0/s1. The molecule has 3 amide bonds. The molecule has 1 fully saturated rings. The number of phenols is 1. The Morgan fingerprint density at radius 2 is 2.10 bits per heavy atom. The molecule has 4 rings (SSSR count). The Balaban J connectivity index is 1.42. The van der Waals surface area contributed by atoms with Crippen LogP contribution < -0.4 is 10.2 Å². The van der Waals surface area contributed by atoms with Gasteiger partial charge in [-0.05, 0) is 18.2 Å². The van der Waals surface area contributed by atoms with E-state index in [0.717, 1.165) is 11.4 Å². The van der Waals surface area contributed by atoms with Crippen LogP contribution in [0.2, 0.25) is 0 Å². The molecule has 2 N–H and O–H groups in total. The Kier molecular flexibility index (Phi) is 4.96. The van der Waals surface area contributed by atoms with E-state index in [2.05, 4.69) is 10.4 Å². The van der Waals surface area contributed by atoms with Crippen molar-refractivity contribution in [2.75, 3.05) is 18.0 Å².